The van der Waals surface area contributed by atoms with Gasteiger partial charge in [0.25, 0.3) is 0 Å². The molecule has 1 radical (unpaired) electrons. The Morgan fingerprint density at radius 3 is 2.50 bits per heavy atom. The highest BCUT2D eigenvalue weighted by molar-refractivity contribution is 6.64. The van der Waals surface area contributed by atoms with E-state index in [2.05, 4.69) is 6.58 Å². The molecule has 0 rings (SSSR count). The van der Waals surface area contributed by atoms with E-state index in [1.165, 1.54) is 0 Å². The minimum absolute atomic E-state index is 0.853. The lowest BCUT2D eigenvalue weighted by Gasteiger charge is -2.06. The van der Waals surface area contributed by atoms with Crippen LogP contribution in [0, 0.1) is 0 Å². The van der Waals surface area contributed by atoms with Crippen LogP contribution in [0.1, 0.15) is 0 Å². The average Bonchev–Trinajstić information content (AvgIpc) is 1.65. The smallest absolute Gasteiger partial charge is 0.305 e. The summed E-state index contributed by atoms with van der Waals surface area (Å²) in [6.45, 7) is 7.23. The molecule has 4 heteroatoms. The summed E-state index contributed by atoms with van der Waals surface area (Å²) in [5.41, 5.74) is 1.77. The molecule has 1 atom stereocenters. The Hall–Kier alpha value is 0.0938. The fourth-order valence-corrected chi connectivity index (χ4v) is 2.85. The summed E-state index contributed by atoms with van der Waals surface area (Å²) in [7, 11) is -2.62. The van der Waals surface area contributed by atoms with Gasteiger partial charge in [0, 0.05) is 0 Å². The fourth-order valence-electron chi connectivity index (χ4n) is 0.317. The largest absolute Gasteiger partial charge is 0.435 e. The van der Waals surface area contributed by atoms with Crippen LogP contribution in [-0.4, -0.2) is 23.1 Å². The predicted molar refractivity (Wildman–Crippen MR) is 38.1 cm³/mol. The monoisotopic (exact) mass is 147 g/mol. The SMILES string of the molecule is C=C[Si](C)O[SiH](C)O. The van der Waals surface area contributed by atoms with E-state index in [0.29, 0.717) is 0 Å². The maximum Gasteiger partial charge on any atom is 0.305 e. The van der Waals surface area contributed by atoms with Crippen LogP contribution in [0.2, 0.25) is 13.1 Å². The van der Waals surface area contributed by atoms with Crippen molar-refractivity contribution >= 4 is 18.3 Å². The second kappa shape index (κ2) is 4.02. The van der Waals surface area contributed by atoms with Crippen LogP contribution in [0.3, 0.4) is 0 Å². The molecule has 0 aromatic carbocycles. The van der Waals surface area contributed by atoms with Crippen LogP contribution in [0.25, 0.3) is 0 Å². The van der Waals surface area contributed by atoms with Crippen molar-refractivity contribution in [3.05, 3.63) is 12.3 Å². The van der Waals surface area contributed by atoms with Gasteiger partial charge in [0.1, 0.15) is 0 Å². The van der Waals surface area contributed by atoms with Crippen molar-refractivity contribution in [2.75, 3.05) is 0 Å². The molecule has 1 unspecified atom stereocenters. The number of hydrogen-bond acceptors (Lipinski definition) is 2. The molecule has 2 nitrogen and oxygen atoms in total. The van der Waals surface area contributed by atoms with E-state index in [0.717, 1.165) is 0 Å². The number of rotatable bonds is 3. The summed E-state index contributed by atoms with van der Waals surface area (Å²) in [4.78, 5) is 8.75. The molecule has 0 heterocycles. The second-order valence-electron chi connectivity index (χ2n) is 1.53. The molecule has 47 valence electrons. The highest BCUT2D eigenvalue weighted by Gasteiger charge is 2.03. The van der Waals surface area contributed by atoms with Gasteiger partial charge in [-0.1, -0.05) is 5.70 Å². The molecule has 1 N–H and O–H groups in total. The van der Waals surface area contributed by atoms with Crippen LogP contribution in [0.4, 0.5) is 0 Å². The molecule has 8 heavy (non-hydrogen) atoms. The van der Waals surface area contributed by atoms with Gasteiger partial charge in [0.15, 0.2) is 0 Å². The van der Waals surface area contributed by atoms with Gasteiger partial charge in [-0.2, -0.15) is 0 Å². The summed E-state index contributed by atoms with van der Waals surface area (Å²) < 4.78 is 5.08. The van der Waals surface area contributed by atoms with Crippen LogP contribution in [-0.2, 0) is 4.12 Å². The normalized spacial score (nSPS) is 14.0. The van der Waals surface area contributed by atoms with Gasteiger partial charge in [-0.15, -0.1) is 6.58 Å². The standard InChI is InChI=1S/C4H11O2Si2/c1-4-7(2)6-8(3)5/h4-5,8H,1H2,2-3H3. The highest BCUT2D eigenvalue weighted by Crippen LogP contribution is 1.87. The zero-order chi connectivity index (χ0) is 6.57. The average molecular weight is 147 g/mol. The molecule has 0 fully saturated rings. The van der Waals surface area contributed by atoms with Crippen molar-refractivity contribution in [3.8, 4) is 0 Å². The molecule has 0 amide bonds. The third kappa shape index (κ3) is 4.26. The third-order valence-electron chi connectivity index (χ3n) is 0.644. The molecule has 0 bridgehead atoms. The van der Waals surface area contributed by atoms with Crippen LogP contribution < -0.4 is 0 Å². The molecular weight excluding hydrogens is 136 g/mol. The first-order chi connectivity index (χ1) is 3.66. The van der Waals surface area contributed by atoms with Gasteiger partial charge in [-0.05, 0) is 13.1 Å². The van der Waals surface area contributed by atoms with E-state index < -0.39 is 18.3 Å². The molecule has 0 aliphatic carbocycles. The van der Waals surface area contributed by atoms with Crippen molar-refractivity contribution in [2.45, 2.75) is 13.1 Å². The third-order valence-corrected chi connectivity index (χ3v) is 4.07. The molecule has 0 spiro atoms. The summed E-state index contributed by atoms with van der Waals surface area (Å²) >= 11 is 0. The van der Waals surface area contributed by atoms with E-state index in [4.69, 9.17) is 8.91 Å². The van der Waals surface area contributed by atoms with Crippen molar-refractivity contribution in [2.24, 2.45) is 0 Å². The maximum absolute atomic E-state index is 8.75. The predicted octanol–water partition coefficient (Wildman–Crippen LogP) is 0.192. The first-order valence-corrected chi connectivity index (χ1v) is 6.60. The van der Waals surface area contributed by atoms with Gasteiger partial charge in [-0.3, -0.25) is 0 Å². The minimum Gasteiger partial charge on any atom is -0.435 e. The van der Waals surface area contributed by atoms with Gasteiger partial charge in [-0.25, -0.2) is 0 Å². The van der Waals surface area contributed by atoms with E-state index in [1.54, 1.807) is 12.2 Å². The molecule has 0 aromatic rings. The lowest BCUT2D eigenvalue weighted by molar-refractivity contribution is 0.434. The topological polar surface area (TPSA) is 29.5 Å². The molecule has 0 saturated carbocycles. The van der Waals surface area contributed by atoms with Crippen molar-refractivity contribution in [1.82, 2.24) is 0 Å². The Morgan fingerprint density at radius 1 is 1.88 bits per heavy atom. The molecular formula is C4H11O2Si2. The van der Waals surface area contributed by atoms with Crippen LogP contribution in [0.5, 0.6) is 0 Å². The Labute approximate surface area is 53.4 Å². The first kappa shape index (κ1) is 8.09. The fraction of sp³-hybridized carbons (Fsp3) is 0.500. The summed E-state index contributed by atoms with van der Waals surface area (Å²) in [5, 5.41) is 0. The summed E-state index contributed by atoms with van der Waals surface area (Å²) in [6.07, 6.45) is 0. The lowest BCUT2D eigenvalue weighted by atomic mass is 11.3. The minimum atomic E-state index is -1.77. The molecule has 0 aliphatic rings. The quantitative estimate of drug-likeness (QED) is 0.578. The zero-order valence-corrected chi connectivity index (χ0v) is 7.37. The lowest BCUT2D eigenvalue weighted by Crippen LogP contribution is -2.21. The van der Waals surface area contributed by atoms with E-state index in [-0.39, 0.29) is 0 Å². The zero-order valence-electron chi connectivity index (χ0n) is 5.22. The van der Waals surface area contributed by atoms with E-state index >= 15 is 0 Å². The first-order valence-electron chi connectivity index (χ1n) is 2.47. The Balaban J connectivity index is 3.23. The van der Waals surface area contributed by atoms with Gasteiger partial charge in [0.2, 0.25) is 9.04 Å². The van der Waals surface area contributed by atoms with E-state index in [9.17, 15) is 0 Å². The summed E-state index contributed by atoms with van der Waals surface area (Å²) in [5.74, 6) is 0. The Bertz CT molecular complexity index is 74.4. The van der Waals surface area contributed by atoms with Crippen molar-refractivity contribution in [3.63, 3.8) is 0 Å². The van der Waals surface area contributed by atoms with Crippen molar-refractivity contribution in [1.29, 1.82) is 0 Å². The summed E-state index contributed by atoms with van der Waals surface area (Å²) in [6, 6.07) is 0. The van der Waals surface area contributed by atoms with Crippen molar-refractivity contribution < 1.29 is 8.91 Å². The van der Waals surface area contributed by atoms with E-state index in [1.807, 2.05) is 6.55 Å². The highest BCUT2D eigenvalue weighted by atomic mass is 28.4. The van der Waals surface area contributed by atoms with Crippen LogP contribution in [0.15, 0.2) is 12.3 Å². The molecule has 0 saturated heterocycles. The Morgan fingerprint density at radius 2 is 2.38 bits per heavy atom. The second-order valence-corrected chi connectivity index (χ2v) is 5.30. The van der Waals surface area contributed by atoms with Gasteiger partial charge >= 0.3 is 9.28 Å². The maximum atomic E-state index is 8.75. The number of hydrogen-bond donors (Lipinski definition) is 1. The van der Waals surface area contributed by atoms with Gasteiger partial charge in [0.05, 0.1) is 0 Å². The molecule has 0 aromatic heterocycles. The Kier molecular flexibility index (Phi) is 4.07. The van der Waals surface area contributed by atoms with Gasteiger partial charge < -0.3 is 8.91 Å². The van der Waals surface area contributed by atoms with Crippen LogP contribution >= 0.6 is 0 Å². The molecule has 0 aliphatic heterocycles.